The van der Waals surface area contributed by atoms with E-state index in [1.54, 1.807) is 42.5 Å². The summed E-state index contributed by atoms with van der Waals surface area (Å²) in [6.07, 6.45) is 0. The molecular weight excluding hydrogens is 377 g/mol. The number of halogens is 2. The molecule has 1 aliphatic heterocycles. The molecule has 3 rings (SSSR count). The van der Waals surface area contributed by atoms with E-state index in [0.717, 1.165) is 3.57 Å². The molecule has 0 fully saturated rings. The third-order valence-corrected chi connectivity index (χ3v) is 4.09. The van der Waals surface area contributed by atoms with Gasteiger partial charge in [-0.25, -0.2) is 4.90 Å². The van der Waals surface area contributed by atoms with Crippen molar-refractivity contribution in [1.82, 2.24) is 0 Å². The van der Waals surface area contributed by atoms with E-state index in [4.69, 9.17) is 11.6 Å². The van der Waals surface area contributed by atoms with Gasteiger partial charge in [0.2, 0.25) is 0 Å². The molecule has 5 heteroatoms. The van der Waals surface area contributed by atoms with E-state index in [1.807, 2.05) is 0 Å². The molecule has 0 aromatic heterocycles. The van der Waals surface area contributed by atoms with E-state index in [0.29, 0.717) is 21.8 Å². The van der Waals surface area contributed by atoms with Gasteiger partial charge in [0.1, 0.15) is 0 Å². The van der Waals surface area contributed by atoms with Crippen LogP contribution in [0.25, 0.3) is 0 Å². The molecular formula is C14H7ClINO2. The molecule has 19 heavy (non-hydrogen) atoms. The summed E-state index contributed by atoms with van der Waals surface area (Å²) >= 11 is 8.03. The fourth-order valence-electron chi connectivity index (χ4n) is 2.07. The summed E-state index contributed by atoms with van der Waals surface area (Å²) in [4.78, 5) is 25.8. The summed E-state index contributed by atoms with van der Waals surface area (Å²) in [5.74, 6) is -0.610. The van der Waals surface area contributed by atoms with Crippen LogP contribution >= 0.6 is 34.2 Å². The molecule has 1 aliphatic rings. The van der Waals surface area contributed by atoms with Gasteiger partial charge in [-0.1, -0.05) is 23.7 Å². The molecule has 3 nitrogen and oxygen atoms in total. The second-order valence-electron chi connectivity index (χ2n) is 4.09. The normalized spacial score (nSPS) is 13.9. The number of hydrogen-bond donors (Lipinski definition) is 0. The fraction of sp³-hybridized carbons (Fsp3) is 0. The van der Waals surface area contributed by atoms with E-state index in [-0.39, 0.29) is 11.8 Å². The maximum atomic E-state index is 12.3. The van der Waals surface area contributed by atoms with Gasteiger partial charge >= 0.3 is 0 Å². The Balaban J connectivity index is 2.17. The highest BCUT2D eigenvalue weighted by atomic mass is 127. The van der Waals surface area contributed by atoms with Crippen molar-refractivity contribution in [1.29, 1.82) is 0 Å². The van der Waals surface area contributed by atoms with Crippen molar-refractivity contribution in [2.75, 3.05) is 4.90 Å². The second kappa shape index (κ2) is 4.61. The number of nitrogens with zero attached hydrogens (tertiary/aromatic N) is 1. The third-order valence-electron chi connectivity index (χ3n) is 2.94. The number of carbonyl (C=O) groups is 2. The molecule has 0 atom stereocenters. The van der Waals surface area contributed by atoms with Gasteiger partial charge in [0.25, 0.3) is 11.8 Å². The zero-order chi connectivity index (χ0) is 13.6. The van der Waals surface area contributed by atoms with E-state index >= 15 is 0 Å². The minimum atomic E-state index is -0.305. The van der Waals surface area contributed by atoms with Gasteiger partial charge in [0, 0.05) is 8.59 Å². The molecule has 0 spiro atoms. The highest BCUT2D eigenvalue weighted by molar-refractivity contribution is 14.1. The molecule has 94 valence electrons. The average Bonchev–Trinajstić information content (AvgIpc) is 2.66. The van der Waals surface area contributed by atoms with Crippen LogP contribution in [0.4, 0.5) is 5.69 Å². The predicted molar refractivity (Wildman–Crippen MR) is 81.8 cm³/mol. The fourth-order valence-corrected chi connectivity index (χ4v) is 2.81. The van der Waals surface area contributed by atoms with E-state index < -0.39 is 0 Å². The summed E-state index contributed by atoms with van der Waals surface area (Å²) in [6.45, 7) is 0. The van der Waals surface area contributed by atoms with Crippen molar-refractivity contribution in [2.45, 2.75) is 0 Å². The highest BCUT2D eigenvalue weighted by Crippen LogP contribution is 2.33. The zero-order valence-corrected chi connectivity index (χ0v) is 12.5. The summed E-state index contributed by atoms with van der Waals surface area (Å²) < 4.78 is 0.802. The van der Waals surface area contributed by atoms with Crippen LogP contribution in [0.2, 0.25) is 5.02 Å². The number of imide groups is 1. The molecule has 0 unspecified atom stereocenters. The standard InChI is InChI=1S/C14H7ClINO2/c15-8-5-6-11(16)12(7-8)17-13(18)9-3-1-2-4-10(9)14(17)19/h1-7H. The molecule has 2 aromatic carbocycles. The van der Waals surface area contributed by atoms with Gasteiger partial charge in [-0.15, -0.1) is 0 Å². The first-order valence-electron chi connectivity index (χ1n) is 5.52. The van der Waals surface area contributed by atoms with Crippen molar-refractivity contribution in [2.24, 2.45) is 0 Å². The SMILES string of the molecule is O=C1c2ccccc2C(=O)N1c1cc(Cl)ccc1I. The first-order chi connectivity index (χ1) is 9.09. The molecule has 0 N–H and O–H groups in total. The number of benzene rings is 2. The Hall–Kier alpha value is -1.40. The molecule has 1 heterocycles. The number of anilines is 1. The Morgan fingerprint density at radius 1 is 0.947 bits per heavy atom. The Morgan fingerprint density at radius 3 is 2.11 bits per heavy atom. The van der Waals surface area contributed by atoms with Crippen LogP contribution in [0.5, 0.6) is 0 Å². The lowest BCUT2D eigenvalue weighted by Gasteiger charge is -2.15. The van der Waals surface area contributed by atoms with Crippen LogP contribution in [-0.2, 0) is 0 Å². The van der Waals surface area contributed by atoms with Crippen molar-refractivity contribution < 1.29 is 9.59 Å². The third kappa shape index (κ3) is 1.95. The maximum Gasteiger partial charge on any atom is 0.266 e. The molecule has 2 aromatic rings. The number of carbonyl (C=O) groups excluding carboxylic acids is 2. The number of hydrogen-bond acceptors (Lipinski definition) is 2. The van der Waals surface area contributed by atoms with Gasteiger partial charge in [-0.05, 0) is 52.9 Å². The zero-order valence-electron chi connectivity index (χ0n) is 9.56. The van der Waals surface area contributed by atoms with Crippen molar-refractivity contribution in [3.8, 4) is 0 Å². The number of amides is 2. The maximum absolute atomic E-state index is 12.3. The summed E-state index contributed by atoms with van der Waals surface area (Å²) in [7, 11) is 0. The lowest BCUT2D eigenvalue weighted by molar-refractivity contribution is 0.0926. The van der Waals surface area contributed by atoms with Gasteiger partial charge in [0.05, 0.1) is 16.8 Å². The quantitative estimate of drug-likeness (QED) is 0.556. The lowest BCUT2D eigenvalue weighted by atomic mass is 10.1. The van der Waals surface area contributed by atoms with Crippen LogP contribution in [0.15, 0.2) is 42.5 Å². The molecule has 2 amide bonds. The topological polar surface area (TPSA) is 37.4 Å². The van der Waals surface area contributed by atoms with Crippen molar-refractivity contribution in [3.63, 3.8) is 0 Å². The van der Waals surface area contributed by atoms with E-state index in [2.05, 4.69) is 22.6 Å². The van der Waals surface area contributed by atoms with Crippen LogP contribution < -0.4 is 4.90 Å². The molecule has 0 bridgehead atoms. The molecule has 0 saturated heterocycles. The highest BCUT2D eigenvalue weighted by Gasteiger charge is 2.37. The van der Waals surface area contributed by atoms with Crippen LogP contribution in [0, 0.1) is 3.57 Å². The predicted octanol–water partition coefficient (Wildman–Crippen LogP) is 3.75. The molecule has 0 aliphatic carbocycles. The van der Waals surface area contributed by atoms with Crippen molar-refractivity contribution >= 4 is 51.7 Å². The van der Waals surface area contributed by atoms with Gasteiger partial charge in [-0.2, -0.15) is 0 Å². The Morgan fingerprint density at radius 2 is 1.53 bits per heavy atom. The lowest BCUT2D eigenvalue weighted by Crippen LogP contribution is -2.30. The molecule has 0 radical (unpaired) electrons. The summed E-state index contributed by atoms with van der Waals surface area (Å²) in [5, 5.41) is 0.493. The van der Waals surface area contributed by atoms with Crippen LogP contribution in [0.3, 0.4) is 0 Å². The Labute approximate surface area is 128 Å². The monoisotopic (exact) mass is 383 g/mol. The first-order valence-corrected chi connectivity index (χ1v) is 6.98. The van der Waals surface area contributed by atoms with Crippen molar-refractivity contribution in [3.05, 3.63) is 62.2 Å². The van der Waals surface area contributed by atoms with Crippen LogP contribution in [-0.4, -0.2) is 11.8 Å². The van der Waals surface area contributed by atoms with Gasteiger partial charge < -0.3 is 0 Å². The second-order valence-corrected chi connectivity index (χ2v) is 5.69. The minimum Gasteiger partial charge on any atom is -0.268 e. The first kappa shape index (κ1) is 12.6. The number of rotatable bonds is 1. The van der Waals surface area contributed by atoms with E-state index in [1.165, 1.54) is 4.90 Å². The molecule has 0 saturated carbocycles. The summed E-state index contributed by atoms with van der Waals surface area (Å²) in [5.41, 5.74) is 1.39. The largest absolute Gasteiger partial charge is 0.268 e. The Kier molecular flexibility index (Phi) is 3.06. The smallest absolute Gasteiger partial charge is 0.266 e. The average molecular weight is 384 g/mol. The number of fused-ring (bicyclic) bond motifs is 1. The minimum absolute atomic E-state index is 0.305. The van der Waals surface area contributed by atoms with Crippen LogP contribution in [0.1, 0.15) is 20.7 Å². The van der Waals surface area contributed by atoms with Gasteiger partial charge in [-0.3, -0.25) is 9.59 Å². The van der Waals surface area contributed by atoms with Gasteiger partial charge in [0.15, 0.2) is 0 Å². The van der Waals surface area contributed by atoms with E-state index in [9.17, 15) is 9.59 Å². The summed E-state index contributed by atoms with van der Waals surface area (Å²) in [6, 6.07) is 11.9. The Bertz CT molecular complexity index is 679.